The molecule has 0 aliphatic rings. The second-order valence-corrected chi connectivity index (χ2v) is 7.96. The van der Waals surface area contributed by atoms with Gasteiger partial charge in [-0.05, 0) is 23.6 Å². The molecule has 3 rings (SSSR count). The second kappa shape index (κ2) is 11.4. The summed E-state index contributed by atoms with van der Waals surface area (Å²) in [5, 5.41) is 0. The first-order chi connectivity index (χ1) is 16.8. The summed E-state index contributed by atoms with van der Waals surface area (Å²) >= 11 is 0. The molecular formula is C27H25F2NO5. The van der Waals surface area contributed by atoms with Crippen molar-refractivity contribution < 1.29 is 27.8 Å². The molecule has 0 saturated heterocycles. The number of nitrogens with zero attached hydrogens (tertiary/aromatic N) is 1. The van der Waals surface area contributed by atoms with Crippen LogP contribution >= 0.6 is 0 Å². The standard InChI is InChI=1S/C27H25F2NO5/c1-4-12-30-15-21(24(31)17(2)13-19-10-11-20(28)14-22(19)29)25(32)26(23(30)27(33)34-3)35-16-18-8-6-5-7-9-18/h4-11,14-15,17H,1,12-13,16H2,2-3H3. The number of aromatic nitrogens is 1. The minimum absolute atomic E-state index is 0.0256. The van der Waals surface area contributed by atoms with E-state index in [0.717, 1.165) is 17.7 Å². The SMILES string of the molecule is C=CCn1cc(C(=O)C(C)Cc2ccc(F)cc2F)c(=O)c(OCc2ccccc2)c1C(=O)OC. The van der Waals surface area contributed by atoms with Gasteiger partial charge >= 0.3 is 5.97 Å². The molecule has 1 unspecified atom stereocenters. The summed E-state index contributed by atoms with van der Waals surface area (Å²) in [6, 6.07) is 12.1. The Hall–Kier alpha value is -4.07. The minimum Gasteiger partial charge on any atom is -0.482 e. The van der Waals surface area contributed by atoms with Gasteiger partial charge in [-0.1, -0.05) is 49.4 Å². The highest BCUT2D eigenvalue weighted by molar-refractivity contribution is 5.99. The number of ether oxygens (including phenoxy) is 2. The predicted octanol–water partition coefficient (Wildman–Crippen LogP) is 4.74. The van der Waals surface area contributed by atoms with Gasteiger partial charge < -0.3 is 14.0 Å². The van der Waals surface area contributed by atoms with Crippen LogP contribution in [0.5, 0.6) is 5.75 Å². The molecule has 0 saturated carbocycles. The van der Waals surface area contributed by atoms with Gasteiger partial charge in [0, 0.05) is 24.7 Å². The van der Waals surface area contributed by atoms with Crippen LogP contribution in [0.2, 0.25) is 0 Å². The molecule has 0 aliphatic heterocycles. The average molecular weight is 481 g/mol. The predicted molar refractivity (Wildman–Crippen MR) is 127 cm³/mol. The molecule has 3 aromatic rings. The van der Waals surface area contributed by atoms with Crippen molar-refractivity contribution in [1.82, 2.24) is 4.57 Å². The fourth-order valence-corrected chi connectivity index (χ4v) is 3.64. The largest absolute Gasteiger partial charge is 0.482 e. The first kappa shape index (κ1) is 25.6. The maximum absolute atomic E-state index is 14.1. The van der Waals surface area contributed by atoms with Gasteiger partial charge in [0.15, 0.2) is 17.2 Å². The van der Waals surface area contributed by atoms with E-state index >= 15 is 0 Å². The van der Waals surface area contributed by atoms with Crippen molar-refractivity contribution in [2.75, 3.05) is 7.11 Å². The maximum Gasteiger partial charge on any atom is 0.358 e. The number of allylic oxidation sites excluding steroid dienone is 1. The first-order valence-electron chi connectivity index (χ1n) is 10.9. The number of benzene rings is 2. The van der Waals surface area contributed by atoms with Crippen LogP contribution in [0.3, 0.4) is 0 Å². The van der Waals surface area contributed by atoms with E-state index in [-0.39, 0.29) is 42.1 Å². The van der Waals surface area contributed by atoms with Gasteiger partial charge in [0.25, 0.3) is 0 Å². The molecule has 1 heterocycles. The molecule has 8 heteroatoms. The van der Waals surface area contributed by atoms with Gasteiger partial charge in [-0.3, -0.25) is 9.59 Å². The van der Waals surface area contributed by atoms with E-state index in [1.165, 1.54) is 30.0 Å². The van der Waals surface area contributed by atoms with Crippen molar-refractivity contribution >= 4 is 11.8 Å². The monoisotopic (exact) mass is 481 g/mol. The summed E-state index contributed by atoms with van der Waals surface area (Å²) in [4.78, 5) is 39.2. The summed E-state index contributed by atoms with van der Waals surface area (Å²) in [5.74, 6) is -4.03. The van der Waals surface area contributed by atoms with E-state index in [9.17, 15) is 23.2 Å². The highest BCUT2D eigenvalue weighted by atomic mass is 19.1. The molecular weight excluding hydrogens is 456 g/mol. The van der Waals surface area contributed by atoms with Crippen LogP contribution in [0.25, 0.3) is 0 Å². The number of rotatable bonds is 10. The highest BCUT2D eigenvalue weighted by Gasteiger charge is 2.28. The molecule has 2 aromatic carbocycles. The van der Waals surface area contributed by atoms with Crippen molar-refractivity contribution in [1.29, 1.82) is 0 Å². The van der Waals surface area contributed by atoms with Crippen LogP contribution in [-0.2, 0) is 24.3 Å². The number of carbonyl (C=O) groups is 2. The molecule has 0 radical (unpaired) electrons. The third-order valence-electron chi connectivity index (χ3n) is 5.42. The van der Waals surface area contributed by atoms with Gasteiger partial charge in [0.2, 0.25) is 5.43 Å². The lowest BCUT2D eigenvalue weighted by molar-refractivity contribution is 0.0580. The molecule has 1 aromatic heterocycles. The van der Waals surface area contributed by atoms with Gasteiger partial charge in [0.1, 0.15) is 18.2 Å². The third-order valence-corrected chi connectivity index (χ3v) is 5.42. The molecule has 0 N–H and O–H groups in total. The van der Waals surface area contributed by atoms with E-state index in [1.54, 1.807) is 31.2 Å². The Kier molecular flexibility index (Phi) is 8.30. The molecule has 182 valence electrons. The van der Waals surface area contributed by atoms with Crippen LogP contribution in [0.15, 0.2) is 72.2 Å². The number of esters is 1. The fraction of sp³-hybridized carbons (Fsp3) is 0.222. The Morgan fingerprint density at radius 1 is 1.14 bits per heavy atom. The molecule has 0 spiro atoms. The average Bonchev–Trinajstić information content (AvgIpc) is 2.85. The molecule has 35 heavy (non-hydrogen) atoms. The summed E-state index contributed by atoms with van der Waals surface area (Å²) in [7, 11) is 1.17. The zero-order valence-corrected chi connectivity index (χ0v) is 19.4. The quantitative estimate of drug-likeness (QED) is 0.238. The van der Waals surface area contributed by atoms with E-state index in [1.807, 2.05) is 6.07 Å². The number of Topliss-reactive ketones (excluding diaryl/α,β-unsaturated/α-hetero) is 1. The Balaban J connectivity index is 2.05. The zero-order chi connectivity index (χ0) is 25.5. The topological polar surface area (TPSA) is 74.6 Å². The molecule has 0 bridgehead atoms. The number of hydrogen-bond donors (Lipinski definition) is 0. The maximum atomic E-state index is 14.1. The second-order valence-electron chi connectivity index (χ2n) is 7.96. The number of carbonyl (C=O) groups excluding carboxylic acids is 2. The van der Waals surface area contributed by atoms with Gasteiger partial charge in [-0.2, -0.15) is 0 Å². The van der Waals surface area contributed by atoms with Gasteiger partial charge in [-0.15, -0.1) is 6.58 Å². The van der Waals surface area contributed by atoms with Crippen molar-refractivity contribution in [3.05, 3.63) is 112 Å². The first-order valence-corrected chi connectivity index (χ1v) is 10.9. The molecule has 1 atom stereocenters. The van der Waals surface area contributed by atoms with E-state index < -0.39 is 34.7 Å². The Bertz CT molecular complexity index is 1300. The Labute approximate surface area is 201 Å². The van der Waals surface area contributed by atoms with Crippen molar-refractivity contribution in [3.8, 4) is 5.75 Å². The van der Waals surface area contributed by atoms with E-state index in [4.69, 9.17) is 9.47 Å². The van der Waals surface area contributed by atoms with E-state index in [0.29, 0.717) is 0 Å². The van der Waals surface area contributed by atoms with Crippen molar-refractivity contribution in [2.45, 2.75) is 26.5 Å². The lowest BCUT2D eigenvalue weighted by Crippen LogP contribution is -2.29. The Morgan fingerprint density at radius 3 is 2.49 bits per heavy atom. The lowest BCUT2D eigenvalue weighted by Gasteiger charge is -2.18. The van der Waals surface area contributed by atoms with Crippen LogP contribution in [0, 0.1) is 17.6 Å². The smallest absolute Gasteiger partial charge is 0.358 e. The van der Waals surface area contributed by atoms with Gasteiger partial charge in [-0.25, -0.2) is 13.6 Å². The van der Waals surface area contributed by atoms with Crippen LogP contribution in [-0.4, -0.2) is 23.4 Å². The number of hydrogen-bond acceptors (Lipinski definition) is 5. The highest BCUT2D eigenvalue weighted by Crippen LogP contribution is 2.22. The lowest BCUT2D eigenvalue weighted by atomic mass is 9.92. The summed E-state index contributed by atoms with van der Waals surface area (Å²) in [5.41, 5.74) is -0.266. The van der Waals surface area contributed by atoms with E-state index in [2.05, 4.69) is 6.58 Å². The number of pyridine rings is 1. The molecule has 0 aliphatic carbocycles. The molecule has 6 nitrogen and oxygen atoms in total. The normalized spacial score (nSPS) is 11.5. The summed E-state index contributed by atoms with van der Waals surface area (Å²) in [6.07, 6.45) is 2.69. The summed E-state index contributed by atoms with van der Waals surface area (Å²) < 4.78 is 39.3. The number of halogens is 2. The number of ketones is 1. The van der Waals surface area contributed by atoms with Crippen LogP contribution in [0.1, 0.15) is 38.9 Å². The fourth-order valence-electron chi connectivity index (χ4n) is 3.64. The number of methoxy groups -OCH3 is 1. The minimum atomic E-state index is -0.814. The van der Waals surface area contributed by atoms with Crippen molar-refractivity contribution in [3.63, 3.8) is 0 Å². The van der Waals surface area contributed by atoms with Crippen LogP contribution < -0.4 is 10.2 Å². The third kappa shape index (κ3) is 5.90. The summed E-state index contributed by atoms with van der Waals surface area (Å²) in [6.45, 7) is 5.27. The Morgan fingerprint density at radius 2 is 1.86 bits per heavy atom. The van der Waals surface area contributed by atoms with Crippen molar-refractivity contribution in [2.24, 2.45) is 5.92 Å². The molecule has 0 amide bonds. The zero-order valence-electron chi connectivity index (χ0n) is 19.4. The molecule has 0 fully saturated rings. The van der Waals surface area contributed by atoms with Gasteiger partial charge in [0.05, 0.1) is 12.7 Å². The van der Waals surface area contributed by atoms with Crippen LogP contribution in [0.4, 0.5) is 8.78 Å².